The molecule has 3 heterocycles. The summed E-state index contributed by atoms with van der Waals surface area (Å²) in [7, 11) is 6.21. The summed E-state index contributed by atoms with van der Waals surface area (Å²) in [6.07, 6.45) is 6.43. The second-order valence-corrected chi connectivity index (χ2v) is 10.9. The molecule has 10 nitrogen and oxygen atoms in total. The number of hydrogen-bond acceptors (Lipinski definition) is 9. The largest absolute Gasteiger partial charge is 0.373 e. The molecule has 10 heteroatoms. The second-order valence-electron chi connectivity index (χ2n) is 10.9. The van der Waals surface area contributed by atoms with Gasteiger partial charge in [-0.2, -0.15) is 0 Å². The number of fused-ring (bicyclic) bond motifs is 1. The van der Waals surface area contributed by atoms with E-state index < -0.39 is 12.3 Å². The van der Waals surface area contributed by atoms with Crippen LogP contribution in [0.25, 0.3) is 0 Å². The Morgan fingerprint density at radius 2 is 1.93 bits per heavy atom. The van der Waals surface area contributed by atoms with E-state index in [-0.39, 0.29) is 5.91 Å². The number of anilines is 3. The molecule has 2 aliphatic heterocycles. The molecule has 2 aromatic carbocycles. The molecule has 0 radical (unpaired) electrons. The number of aromatic nitrogens is 1. The van der Waals surface area contributed by atoms with Crippen molar-refractivity contribution < 1.29 is 14.3 Å². The van der Waals surface area contributed by atoms with Gasteiger partial charge >= 0.3 is 0 Å². The van der Waals surface area contributed by atoms with Gasteiger partial charge in [-0.05, 0) is 69.9 Å². The Kier molecular flexibility index (Phi) is 9.26. The molecule has 5 rings (SSSR count). The van der Waals surface area contributed by atoms with Gasteiger partial charge in [0.15, 0.2) is 0 Å². The quantitative estimate of drug-likeness (QED) is 0.369. The number of ether oxygens (including phenoxy) is 1. The van der Waals surface area contributed by atoms with E-state index in [2.05, 4.69) is 47.3 Å². The highest BCUT2D eigenvalue weighted by atomic mass is 16.5. The molecule has 0 saturated carbocycles. The van der Waals surface area contributed by atoms with Crippen LogP contribution in [0, 0.1) is 6.92 Å². The predicted octanol–water partition coefficient (Wildman–Crippen LogP) is 3.79. The number of nitrogens with one attached hydrogen (secondary N) is 1. The minimum Gasteiger partial charge on any atom is -0.373 e. The number of nitrogens with zero attached hydrogens (tertiary/aromatic N) is 6. The molecule has 1 aromatic heterocycles. The maximum atomic E-state index is 13.8. The highest BCUT2D eigenvalue weighted by molar-refractivity contribution is 6.07. The molecule has 0 bridgehead atoms. The number of carbonyl (C=O) groups is 2. The van der Waals surface area contributed by atoms with Gasteiger partial charge in [0, 0.05) is 61.6 Å². The average Bonchev–Trinajstić information content (AvgIpc) is 3.01. The first-order valence-corrected chi connectivity index (χ1v) is 14.3. The Bertz CT molecular complexity index is 1420. The SMILES string of the molecule is Cc1ccc(N(C(=O)c2ccncc2)C2CNCCO2)cc1N1C=Nc2c(cccc2N(C)CCCN(C)C)C1C=O. The summed E-state index contributed by atoms with van der Waals surface area (Å²) >= 11 is 0. The minimum absolute atomic E-state index is 0.188. The van der Waals surface area contributed by atoms with E-state index in [9.17, 15) is 9.59 Å². The zero-order valence-corrected chi connectivity index (χ0v) is 24.7. The monoisotopic (exact) mass is 569 g/mol. The number of benzene rings is 2. The van der Waals surface area contributed by atoms with Gasteiger partial charge in [-0.1, -0.05) is 18.2 Å². The van der Waals surface area contributed by atoms with Gasteiger partial charge in [-0.25, -0.2) is 4.99 Å². The highest BCUT2D eigenvalue weighted by Gasteiger charge is 2.32. The summed E-state index contributed by atoms with van der Waals surface area (Å²) in [5.41, 5.74) is 5.58. The third-order valence-electron chi connectivity index (χ3n) is 7.71. The van der Waals surface area contributed by atoms with Crippen LogP contribution < -0.4 is 20.0 Å². The van der Waals surface area contributed by atoms with Crippen LogP contribution in [-0.2, 0) is 9.53 Å². The average molecular weight is 570 g/mol. The summed E-state index contributed by atoms with van der Waals surface area (Å²) in [6.45, 7) is 5.59. The van der Waals surface area contributed by atoms with Crippen LogP contribution in [0.15, 0.2) is 65.9 Å². The van der Waals surface area contributed by atoms with Crippen molar-refractivity contribution in [1.82, 2.24) is 15.2 Å². The summed E-state index contributed by atoms with van der Waals surface area (Å²) < 4.78 is 6.04. The number of aryl methyl sites for hydroxylation is 1. The summed E-state index contributed by atoms with van der Waals surface area (Å²) in [6, 6.07) is 14.7. The van der Waals surface area contributed by atoms with Crippen molar-refractivity contribution in [2.45, 2.75) is 25.6 Å². The van der Waals surface area contributed by atoms with E-state index in [1.807, 2.05) is 42.2 Å². The molecule has 2 atom stereocenters. The van der Waals surface area contributed by atoms with Crippen molar-refractivity contribution in [3.63, 3.8) is 0 Å². The lowest BCUT2D eigenvalue weighted by Crippen LogP contribution is -2.52. The number of morpholine rings is 1. The van der Waals surface area contributed by atoms with Crippen molar-refractivity contribution in [2.75, 3.05) is 68.6 Å². The van der Waals surface area contributed by atoms with E-state index in [0.29, 0.717) is 24.4 Å². The van der Waals surface area contributed by atoms with Crippen molar-refractivity contribution in [3.05, 3.63) is 77.6 Å². The Hall–Kier alpha value is -4.12. The third kappa shape index (κ3) is 6.20. The lowest BCUT2D eigenvalue weighted by Gasteiger charge is -2.36. The first-order chi connectivity index (χ1) is 20.4. The zero-order chi connectivity index (χ0) is 29.6. The fourth-order valence-electron chi connectivity index (χ4n) is 5.46. The first-order valence-electron chi connectivity index (χ1n) is 14.3. The number of aldehydes is 1. The van der Waals surface area contributed by atoms with Gasteiger partial charge in [0.25, 0.3) is 5.91 Å². The lowest BCUT2D eigenvalue weighted by atomic mass is 9.99. The molecule has 1 amide bonds. The maximum Gasteiger partial charge on any atom is 0.260 e. The Morgan fingerprint density at radius 1 is 1.12 bits per heavy atom. The van der Waals surface area contributed by atoms with E-state index in [1.165, 1.54) is 0 Å². The van der Waals surface area contributed by atoms with Crippen LogP contribution in [-0.4, -0.2) is 88.6 Å². The van der Waals surface area contributed by atoms with Crippen molar-refractivity contribution in [1.29, 1.82) is 0 Å². The van der Waals surface area contributed by atoms with Crippen molar-refractivity contribution in [2.24, 2.45) is 4.99 Å². The molecule has 2 aliphatic rings. The fraction of sp³-hybridized carbons (Fsp3) is 0.375. The van der Waals surface area contributed by atoms with Gasteiger partial charge < -0.3 is 29.5 Å². The standard InChI is InChI=1S/C32H39N7O3/c1-23-9-10-25(39(30-20-34-15-18-42-30)32(41)24-11-13-33-14-12-24)19-28(23)38-22-35-31-26(29(38)21-40)7-5-8-27(31)37(4)17-6-16-36(2)3/h5,7-14,19,21-22,29-30,34H,6,15-18,20H2,1-4H3. The molecular formula is C32H39N7O3. The molecule has 42 heavy (non-hydrogen) atoms. The van der Waals surface area contributed by atoms with Crippen LogP contribution in [0.1, 0.15) is 33.9 Å². The highest BCUT2D eigenvalue weighted by Crippen LogP contribution is 2.42. The van der Waals surface area contributed by atoms with E-state index in [1.54, 1.807) is 35.8 Å². The predicted molar refractivity (Wildman–Crippen MR) is 167 cm³/mol. The Balaban J connectivity index is 1.49. The van der Waals surface area contributed by atoms with Crippen molar-refractivity contribution >= 4 is 41.3 Å². The van der Waals surface area contributed by atoms with E-state index in [4.69, 9.17) is 9.73 Å². The number of amides is 1. The summed E-state index contributed by atoms with van der Waals surface area (Å²) in [5, 5.41) is 3.32. The van der Waals surface area contributed by atoms with Gasteiger partial charge in [0.05, 0.1) is 24.3 Å². The van der Waals surface area contributed by atoms with Gasteiger partial charge in [0.2, 0.25) is 0 Å². The fourth-order valence-corrected chi connectivity index (χ4v) is 5.46. The van der Waals surface area contributed by atoms with Crippen molar-refractivity contribution in [3.8, 4) is 0 Å². The molecule has 0 spiro atoms. The topological polar surface area (TPSA) is 93.6 Å². The number of rotatable bonds is 10. The van der Waals surface area contributed by atoms with Crippen LogP contribution in [0.5, 0.6) is 0 Å². The molecule has 1 saturated heterocycles. The number of pyridine rings is 1. The molecule has 2 unspecified atom stereocenters. The van der Waals surface area contributed by atoms with Gasteiger partial charge in [0.1, 0.15) is 18.6 Å². The van der Waals surface area contributed by atoms with Crippen LogP contribution in [0.4, 0.5) is 22.7 Å². The second kappa shape index (κ2) is 13.2. The summed E-state index contributed by atoms with van der Waals surface area (Å²) in [4.78, 5) is 43.4. The number of para-hydroxylation sites is 1. The van der Waals surface area contributed by atoms with E-state index in [0.717, 1.165) is 60.5 Å². The molecule has 220 valence electrons. The zero-order valence-electron chi connectivity index (χ0n) is 24.7. The molecule has 1 fully saturated rings. The number of hydrogen-bond donors (Lipinski definition) is 1. The summed E-state index contributed by atoms with van der Waals surface area (Å²) in [5.74, 6) is -0.188. The number of carbonyl (C=O) groups excluding carboxylic acids is 2. The minimum atomic E-state index is -0.571. The first kappa shape index (κ1) is 29.4. The van der Waals surface area contributed by atoms with Crippen LogP contribution >= 0.6 is 0 Å². The molecular weight excluding hydrogens is 530 g/mol. The van der Waals surface area contributed by atoms with Crippen LogP contribution in [0.2, 0.25) is 0 Å². The molecule has 0 aliphatic carbocycles. The smallest absolute Gasteiger partial charge is 0.260 e. The number of aliphatic imine (C=N–C) groups is 1. The Morgan fingerprint density at radius 3 is 2.64 bits per heavy atom. The maximum absolute atomic E-state index is 13.8. The molecule has 1 N–H and O–H groups in total. The van der Waals surface area contributed by atoms with E-state index >= 15 is 0 Å². The van der Waals surface area contributed by atoms with Gasteiger partial charge in [-0.3, -0.25) is 14.7 Å². The molecule has 3 aromatic rings. The normalized spacial score (nSPS) is 18.1. The van der Waals surface area contributed by atoms with Crippen LogP contribution in [0.3, 0.4) is 0 Å². The lowest BCUT2D eigenvalue weighted by molar-refractivity contribution is -0.108. The van der Waals surface area contributed by atoms with Gasteiger partial charge in [-0.15, -0.1) is 0 Å². The third-order valence-corrected chi connectivity index (χ3v) is 7.71. The Labute approximate surface area is 247 Å².